The van der Waals surface area contributed by atoms with Crippen LogP contribution in [0.3, 0.4) is 0 Å². The van der Waals surface area contributed by atoms with E-state index in [-0.39, 0.29) is 0 Å². The lowest BCUT2D eigenvalue weighted by atomic mass is 10.6. The second-order valence-electron chi connectivity index (χ2n) is 1.55. The zero-order valence-corrected chi connectivity index (χ0v) is 3.59. The van der Waals surface area contributed by atoms with Crippen molar-refractivity contribution >= 4 is 0 Å². The summed E-state index contributed by atoms with van der Waals surface area (Å²) in [6, 6.07) is 0.419. The summed E-state index contributed by atoms with van der Waals surface area (Å²) in [6.07, 6.45) is 0. The molecule has 0 amide bonds. The minimum absolute atomic E-state index is 0.419. The minimum atomic E-state index is 0.419. The number of hydrogen-bond donors (Lipinski definition) is 0. The predicted molar refractivity (Wildman–Crippen MR) is 22.0 cm³/mol. The van der Waals surface area contributed by atoms with Gasteiger partial charge in [0.15, 0.2) is 0 Å². The largest absolute Gasteiger partial charge is 0.254 e. The summed E-state index contributed by atoms with van der Waals surface area (Å²) in [6.45, 7) is 2.81. The van der Waals surface area contributed by atoms with E-state index in [4.69, 9.17) is 0 Å². The van der Waals surface area contributed by atoms with Gasteiger partial charge in [-0.15, -0.1) is 4.91 Å². The van der Waals surface area contributed by atoms with Gasteiger partial charge < -0.3 is 0 Å². The molecule has 1 aliphatic rings. The van der Waals surface area contributed by atoms with Crippen molar-refractivity contribution in [1.82, 2.24) is 5.01 Å². The Balaban J connectivity index is 2.25. The number of hydrogen-bond acceptors (Lipinski definition) is 2. The lowest BCUT2D eigenvalue weighted by Gasteiger charge is -1.76. The molecular weight excluding hydrogens is 80.0 g/mol. The first-order chi connectivity index (χ1) is 2.84. The average Bonchev–Trinajstić information content (AvgIpc) is 2.19. The Morgan fingerprint density at radius 3 is 2.50 bits per heavy atom. The smallest absolute Gasteiger partial charge is 0.0668 e. The van der Waals surface area contributed by atoms with Gasteiger partial charge in [0.05, 0.1) is 17.9 Å². The van der Waals surface area contributed by atoms with Crippen LogP contribution in [0.1, 0.15) is 6.92 Å². The van der Waals surface area contributed by atoms with Crippen molar-refractivity contribution in [2.24, 2.45) is 5.29 Å². The Labute approximate surface area is 35.9 Å². The molecule has 3 nitrogen and oxygen atoms in total. The zero-order chi connectivity index (χ0) is 4.57. The molecule has 0 bridgehead atoms. The maximum absolute atomic E-state index is 9.45. The van der Waals surface area contributed by atoms with Crippen LogP contribution in [-0.4, -0.2) is 17.6 Å². The molecular formula is C3H6N2O. The summed E-state index contributed by atoms with van der Waals surface area (Å²) < 4.78 is 0. The van der Waals surface area contributed by atoms with E-state index in [9.17, 15) is 4.91 Å². The lowest BCUT2D eigenvalue weighted by molar-refractivity contribution is 0.552. The molecule has 0 radical (unpaired) electrons. The molecule has 1 atom stereocenters. The van der Waals surface area contributed by atoms with Crippen molar-refractivity contribution in [2.75, 3.05) is 6.54 Å². The molecule has 0 spiro atoms. The van der Waals surface area contributed by atoms with Gasteiger partial charge in [0.25, 0.3) is 0 Å². The highest BCUT2D eigenvalue weighted by atomic mass is 16.3. The molecule has 0 aromatic carbocycles. The summed E-state index contributed by atoms with van der Waals surface area (Å²) in [5, 5.41) is 4.15. The summed E-state index contributed by atoms with van der Waals surface area (Å²) in [5.74, 6) is 0. The van der Waals surface area contributed by atoms with Gasteiger partial charge in [0.1, 0.15) is 0 Å². The molecule has 34 valence electrons. The van der Waals surface area contributed by atoms with Gasteiger partial charge in [-0.2, -0.15) is 0 Å². The van der Waals surface area contributed by atoms with Crippen LogP contribution in [0.25, 0.3) is 0 Å². The molecule has 6 heavy (non-hydrogen) atoms. The molecule has 1 rings (SSSR count). The highest BCUT2D eigenvalue weighted by molar-refractivity contribution is 4.79. The Morgan fingerprint density at radius 2 is 2.50 bits per heavy atom. The van der Waals surface area contributed by atoms with Crippen molar-refractivity contribution in [2.45, 2.75) is 13.0 Å². The summed E-state index contributed by atoms with van der Waals surface area (Å²) in [4.78, 5) is 9.45. The molecule has 0 aromatic heterocycles. The fourth-order valence-corrected chi connectivity index (χ4v) is 0.337. The number of rotatable bonds is 1. The highest BCUT2D eigenvalue weighted by Gasteiger charge is 2.28. The molecule has 0 aromatic rings. The van der Waals surface area contributed by atoms with Crippen LogP contribution in [0.2, 0.25) is 0 Å². The van der Waals surface area contributed by atoms with Crippen LogP contribution < -0.4 is 0 Å². The van der Waals surface area contributed by atoms with E-state index >= 15 is 0 Å². The van der Waals surface area contributed by atoms with Gasteiger partial charge in [-0.25, -0.2) is 0 Å². The minimum Gasteiger partial charge on any atom is -0.254 e. The fraction of sp³-hybridized carbons (Fsp3) is 1.00. The van der Waals surface area contributed by atoms with Gasteiger partial charge in [0, 0.05) is 0 Å². The molecule has 0 N–H and O–H groups in total. The predicted octanol–water partition coefficient (Wildman–Crippen LogP) is 0.372. The Hall–Kier alpha value is -0.600. The Kier molecular flexibility index (Phi) is 0.555. The molecule has 1 unspecified atom stereocenters. The van der Waals surface area contributed by atoms with Crippen molar-refractivity contribution in [3.05, 3.63) is 4.91 Å². The second-order valence-corrected chi connectivity index (χ2v) is 1.55. The van der Waals surface area contributed by atoms with Crippen LogP contribution in [-0.2, 0) is 0 Å². The Morgan fingerprint density at radius 1 is 2.00 bits per heavy atom. The monoisotopic (exact) mass is 86.0 g/mol. The zero-order valence-electron chi connectivity index (χ0n) is 3.59. The van der Waals surface area contributed by atoms with Crippen molar-refractivity contribution in [3.63, 3.8) is 0 Å². The molecule has 0 saturated carbocycles. The van der Waals surface area contributed by atoms with Gasteiger partial charge in [-0.1, -0.05) is 0 Å². The standard InChI is InChI=1S/C3H6N2O/c1-3-2-5(3)4-6/h3H,2H2,1H3. The van der Waals surface area contributed by atoms with Crippen molar-refractivity contribution in [3.8, 4) is 0 Å². The summed E-state index contributed by atoms with van der Waals surface area (Å²) in [7, 11) is 0. The fourth-order valence-electron chi connectivity index (χ4n) is 0.337. The van der Waals surface area contributed by atoms with Gasteiger partial charge >= 0.3 is 0 Å². The van der Waals surface area contributed by atoms with E-state index < -0.39 is 0 Å². The average molecular weight is 86.1 g/mol. The van der Waals surface area contributed by atoms with Crippen molar-refractivity contribution < 1.29 is 0 Å². The van der Waals surface area contributed by atoms with E-state index in [0.29, 0.717) is 6.04 Å². The molecule has 1 saturated heterocycles. The SMILES string of the molecule is CC1CN1N=O. The highest BCUT2D eigenvalue weighted by Crippen LogP contribution is 2.14. The van der Waals surface area contributed by atoms with Gasteiger partial charge in [-0.3, -0.25) is 5.01 Å². The third-order valence-corrected chi connectivity index (χ3v) is 0.931. The van der Waals surface area contributed by atoms with E-state index in [0.717, 1.165) is 6.54 Å². The van der Waals surface area contributed by atoms with Crippen molar-refractivity contribution in [1.29, 1.82) is 0 Å². The first-order valence-electron chi connectivity index (χ1n) is 1.94. The van der Waals surface area contributed by atoms with E-state index in [1.165, 1.54) is 5.01 Å². The van der Waals surface area contributed by atoms with Crippen LogP contribution in [0.15, 0.2) is 5.29 Å². The number of nitroso groups, excluding NO2 is 1. The van der Waals surface area contributed by atoms with E-state index in [1.807, 2.05) is 6.92 Å². The normalized spacial score (nSPS) is 30.2. The summed E-state index contributed by atoms with van der Waals surface area (Å²) >= 11 is 0. The van der Waals surface area contributed by atoms with Crippen LogP contribution in [0.5, 0.6) is 0 Å². The van der Waals surface area contributed by atoms with Crippen LogP contribution in [0, 0.1) is 4.91 Å². The first-order valence-corrected chi connectivity index (χ1v) is 1.94. The second kappa shape index (κ2) is 0.929. The first kappa shape index (κ1) is 3.59. The molecule has 1 fully saturated rings. The van der Waals surface area contributed by atoms with Crippen LogP contribution >= 0.6 is 0 Å². The lowest BCUT2D eigenvalue weighted by Crippen LogP contribution is -1.82. The maximum atomic E-state index is 9.45. The molecule has 1 aliphatic heterocycles. The van der Waals surface area contributed by atoms with E-state index in [2.05, 4.69) is 5.29 Å². The van der Waals surface area contributed by atoms with Gasteiger partial charge in [0.2, 0.25) is 0 Å². The molecule has 1 heterocycles. The van der Waals surface area contributed by atoms with Gasteiger partial charge in [-0.05, 0) is 6.92 Å². The summed E-state index contributed by atoms with van der Waals surface area (Å²) in [5.41, 5.74) is 0. The third-order valence-electron chi connectivity index (χ3n) is 0.931. The molecule has 3 heteroatoms. The van der Waals surface area contributed by atoms with E-state index in [1.54, 1.807) is 0 Å². The number of nitrogens with zero attached hydrogens (tertiary/aromatic N) is 2. The molecule has 0 aliphatic carbocycles. The maximum Gasteiger partial charge on any atom is 0.0668 e. The topological polar surface area (TPSA) is 32.4 Å². The van der Waals surface area contributed by atoms with Crippen LogP contribution in [0.4, 0.5) is 0 Å². The Bertz CT molecular complexity index is 73.2. The third kappa shape index (κ3) is 0.358. The quantitative estimate of drug-likeness (QED) is 0.341.